The molecule has 0 radical (unpaired) electrons. The first-order chi connectivity index (χ1) is 14.3. The average Bonchev–Trinajstić information content (AvgIpc) is 3.17. The van der Waals surface area contributed by atoms with Gasteiger partial charge in [0.1, 0.15) is 24.4 Å². The molecule has 0 unspecified atom stereocenters. The van der Waals surface area contributed by atoms with Crippen LogP contribution in [0.2, 0.25) is 0 Å². The second kappa shape index (κ2) is 8.78. The highest BCUT2D eigenvalue weighted by Gasteiger charge is 2.53. The molecule has 0 bridgehead atoms. The van der Waals surface area contributed by atoms with Gasteiger partial charge in [0.15, 0.2) is 21.4 Å². The van der Waals surface area contributed by atoms with Gasteiger partial charge in [-0.2, -0.15) is 0 Å². The van der Waals surface area contributed by atoms with E-state index in [1.165, 1.54) is 6.92 Å². The summed E-state index contributed by atoms with van der Waals surface area (Å²) in [5, 5.41) is 0. The standard InChI is InChI=1S/C22H32O8S/c1-14-7-9-16(10-8-14)31(24,25)12-11-17(27-15(2)23)19-20(30-22(5,6)29-19)18-13-26-21(3,4)28-18/h7-10,17-20H,11-13H2,1-6H3/t17-,18-,19-,20-/m1/s1. The Balaban J connectivity index is 1.79. The van der Waals surface area contributed by atoms with Crippen LogP contribution in [-0.2, 0) is 38.3 Å². The van der Waals surface area contributed by atoms with E-state index in [4.69, 9.17) is 23.7 Å². The number of carbonyl (C=O) groups is 1. The molecule has 1 aromatic carbocycles. The minimum Gasteiger partial charge on any atom is -0.460 e. The van der Waals surface area contributed by atoms with Crippen molar-refractivity contribution in [2.75, 3.05) is 12.4 Å². The largest absolute Gasteiger partial charge is 0.460 e. The predicted octanol–water partition coefficient (Wildman–Crippen LogP) is 2.76. The highest BCUT2D eigenvalue weighted by molar-refractivity contribution is 7.91. The average molecular weight is 457 g/mol. The van der Waals surface area contributed by atoms with Gasteiger partial charge in [-0.3, -0.25) is 4.79 Å². The summed E-state index contributed by atoms with van der Waals surface area (Å²) >= 11 is 0. The third-order valence-corrected chi connectivity index (χ3v) is 7.06. The van der Waals surface area contributed by atoms with E-state index in [1.807, 2.05) is 6.92 Å². The Bertz CT molecular complexity index is 891. The highest BCUT2D eigenvalue weighted by Crippen LogP contribution is 2.38. The van der Waals surface area contributed by atoms with Crippen LogP contribution in [0.25, 0.3) is 0 Å². The fourth-order valence-corrected chi connectivity index (χ4v) is 5.24. The Hall–Kier alpha value is -1.52. The van der Waals surface area contributed by atoms with Crippen molar-refractivity contribution in [3.63, 3.8) is 0 Å². The van der Waals surface area contributed by atoms with Crippen molar-refractivity contribution in [1.29, 1.82) is 0 Å². The maximum atomic E-state index is 12.8. The molecule has 2 saturated heterocycles. The minimum absolute atomic E-state index is 0.0629. The van der Waals surface area contributed by atoms with Crippen LogP contribution >= 0.6 is 0 Å². The molecule has 0 saturated carbocycles. The molecule has 2 heterocycles. The molecule has 0 aromatic heterocycles. The van der Waals surface area contributed by atoms with Crippen LogP contribution in [0.5, 0.6) is 0 Å². The number of aryl methyl sites for hydroxylation is 1. The summed E-state index contributed by atoms with van der Waals surface area (Å²) in [5.41, 5.74) is 0.972. The van der Waals surface area contributed by atoms with Crippen LogP contribution in [0.4, 0.5) is 0 Å². The number of sulfone groups is 1. The summed E-state index contributed by atoms with van der Waals surface area (Å²) in [7, 11) is -3.56. The number of ether oxygens (including phenoxy) is 5. The summed E-state index contributed by atoms with van der Waals surface area (Å²) in [6, 6.07) is 6.67. The lowest BCUT2D eigenvalue weighted by Gasteiger charge is -2.28. The molecule has 2 aliphatic rings. The number of carbonyl (C=O) groups excluding carboxylic acids is 1. The van der Waals surface area contributed by atoms with E-state index >= 15 is 0 Å². The van der Waals surface area contributed by atoms with E-state index in [1.54, 1.807) is 52.0 Å². The first-order valence-corrected chi connectivity index (χ1v) is 12.1. The van der Waals surface area contributed by atoms with Crippen LogP contribution in [0.15, 0.2) is 29.2 Å². The maximum absolute atomic E-state index is 12.8. The van der Waals surface area contributed by atoms with E-state index in [2.05, 4.69) is 0 Å². The first-order valence-electron chi connectivity index (χ1n) is 10.4. The topological polar surface area (TPSA) is 97.4 Å². The Morgan fingerprint density at radius 2 is 1.74 bits per heavy atom. The van der Waals surface area contributed by atoms with Crippen molar-refractivity contribution < 1.29 is 36.9 Å². The summed E-state index contributed by atoms with van der Waals surface area (Å²) in [6.07, 6.45) is -2.48. The van der Waals surface area contributed by atoms with Gasteiger partial charge in [0, 0.05) is 13.3 Å². The van der Waals surface area contributed by atoms with Crippen LogP contribution in [0.1, 0.15) is 46.6 Å². The lowest BCUT2D eigenvalue weighted by Crippen LogP contribution is -2.46. The van der Waals surface area contributed by atoms with Gasteiger partial charge >= 0.3 is 5.97 Å². The smallest absolute Gasteiger partial charge is 0.302 e. The molecule has 0 amide bonds. The molecule has 174 valence electrons. The Morgan fingerprint density at radius 3 is 2.29 bits per heavy atom. The van der Waals surface area contributed by atoms with Crippen molar-refractivity contribution in [3.05, 3.63) is 29.8 Å². The molecule has 0 spiro atoms. The van der Waals surface area contributed by atoms with Crippen molar-refractivity contribution in [2.24, 2.45) is 0 Å². The number of rotatable bonds is 7. The van der Waals surface area contributed by atoms with Gasteiger partial charge in [0.25, 0.3) is 0 Å². The molecular formula is C22H32O8S. The first kappa shape index (κ1) is 24.1. The third kappa shape index (κ3) is 6.04. The van der Waals surface area contributed by atoms with Gasteiger partial charge in [0.2, 0.25) is 0 Å². The number of benzene rings is 1. The SMILES string of the molecule is CC(=O)O[C@H](CCS(=O)(=O)c1ccc(C)cc1)[C@H]1OC(C)(C)O[C@@H]1[C@H]1COC(C)(C)O1. The summed E-state index contributed by atoms with van der Waals surface area (Å²) in [4.78, 5) is 12.0. The van der Waals surface area contributed by atoms with Gasteiger partial charge < -0.3 is 23.7 Å². The van der Waals surface area contributed by atoms with Crippen molar-refractivity contribution in [2.45, 2.75) is 88.8 Å². The van der Waals surface area contributed by atoms with Crippen molar-refractivity contribution in [1.82, 2.24) is 0 Å². The molecule has 2 fully saturated rings. The van der Waals surface area contributed by atoms with Crippen molar-refractivity contribution in [3.8, 4) is 0 Å². The molecular weight excluding hydrogens is 424 g/mol. The molecule has 0 N–H and O–H groups in total. The lowest BCUT2D eigenvalue weighted by atomic mass is 10.0. The number of esters is 1. The van der Waals surface area contributed by atoms with Gasteiger partial charge in [-0.15, -0.1) is 0 Å². The van der Waals surface area contributed by atoms with Crippen LogP contribution in [-0.4, -0.2) is 62.7 Å². The second-order valence-electron chi connectivity index (χ2n) is 9.00. The van der Waals surface area contributed by atoms with E-state index in [0.717, 1.165) is 5.56 Å². The molecule has 1 aromatic rings. The zero-order valence-corrected chi connectivity index (χ0v) is 19.7. The zero-order chi connectivity index (χ0) is 23.0. The normalized spacial score (nSPS) is 28.4. The molecule has 8 nitrogen and oxygen atoms in total. The predicted molar refractivity (Wildman–Crippen MR) is 112 cm³/mol. The Morgan fingerprint density at radius 1 is 1.10 bits per heavy atom. The van der Waals surface area contributed by atoms with Crippen LogP contribution < -0.4 is 0 Å². The third-order valence-electron chi connectivity index (χ3n) is 5.30. The Labute approximate surface area is 184 Å². The van der Waals surface area contributed by atoms with Gasteiger partial charge in [-0.1, -0.05) is 17.7 Å². The fourth-order valence-electron chi connectivity index (χ4n) is 3.91. The second-order valence-corrected chi connectivity index (χ2v) is 11.1. The molecule has 3 rings (SSSR count). The maximum Gasteiger partial charge on any atom is 0.302 e. The van der Waals surface area contributed by atoms with E-state index in [-0.39, 0.29) is 17.1 Å². The van der Waals surface area contributed by atoms with E-state index < -0.39 is 51.8 Å². The summed E-state index contributed by atoms with van der Waals surface area (Å²) in [6.45, 7) is 10.6. The van der Waals surface area contributed by atoms with Gasteiger partial charge in [-0.25, -0.2) is 8.42 Å². The lowest BCUT2D eigenvalue weighted by molar-refractivity contribution is -0.176. The molecule has 2 aliphatic heterocycles. The quantitative estimate of drug-likeness (QED) is 0.578. The number of hydrogen-bond acceptors (Lipinski definition) is 8. The van der Waals surface area contributed by atoms with E-state index in [0.29, 0.717) is 6.61 Å². The molecule has 4 atom stereocenters. The Kier molecular flexibility index (Phi) is 6.84. The molecule has 9 heteroatoms. The summed E-state index contributed by atoms with van der Waals surface area (Å²) < 4.78 is 54.9. The van der Waals surface area contributed by atoms with Crippen molar-refractivity contribution >= 4 is 15.8 Å². The van der Waals surface area contributed by atoms with Crippen LogP contribution in [0.3, 0.4) is 0 Å². The van der Waals surface area contributed by atoms with Gasteiger partial charge in [-0.05, 0) is 46.8 Å². The monoisotopic (exact) mass is 456 g/mol. The fraction of sp³-hybridized carbons (Fsp3) is 0.682. The zero-order valence-electron chi connectivity index (χ0n) is 18.9. The van der Waals surface area contributed by atoms with E-state index in [9.17, 15) is 13.2 Å². The minimum atomic E-state index is -3.56. The molecule has 0 aliphatic carbocycles. The summed E-state index contributed by atoms with van der Waals surface area (Å²) in [5.74, 6) is -2.43. The van der Waals surface area contributed by atoms with Crippen LogP contribution in [0, 0.1) is 6.92 Å². The molecule has 31 heavy (non-hydrogen) atoms. The number of hydrogen-bond donors (Lipinski definition) is 0. The van der Waals surface area contributed by atoms with Gasteiger partial charge in [0.05, 0.1) is 17.3 Å². The highest BCUT2D eigenvalue weighted by atomic mass is 32.2.